The summed E-state index contributed by atoms with van der Waals surface area (Å²) in [6, 6.07) is 13.2. The van der Waals surface area contributed by atoms with E-state index in [4.69, 9.17) is 4.74 Å². The molecule has 0 aliphatic carbocycles. The lowest BCUT2D eigenvalue weighted by Gasteiger charge is -2.08. The van der Waals surface area contributed by atoms with Gasteiger partial charge < -0.3 is 20.7 Å². The minimum absolute atomic E-state index is 0.237. The maximum Gasteiger partial charge on any atom is 0.325 e. The quantitative estimate of drug-likeness (QED) is 0.623. The number of rotatable bonds is 7. The van der Waals surface area contributed by atoms with Crippen molar-refractivity contribution >= 4 is 29.4 Å². The SMILES string of the molecule is CNC(=O)c1ccc(NC(=O)COC(=O)CNC(=O)c2cccc(C)c2)cc1. The highest BCUT2D eigenvalue weighted by molar-refractivity contribution is 5.97. The van der Waals surface area contributed by atoms with E-state index in [1.165, 1.54) is 7.05 Å². The van der Waals surface area contributed by atoms with E-state index in [1.807, 2.05) is 13.0 Å². The van der Waals surface area contributed by atoms with Crippen molar-refractivity contribution < 1.29 is 23.9 Å². The van der Waals surface area contributed by atoms with Crippen molar-refractivity contribution in [2.45, 2.75) is 6.92 Å². The van der Waals surface area contributed by atoms with Crippen LogP contribution in [-0.4, -0.2) is 43.9 Å². The van der Waals surface area contributed by atoms with Gasteiger partial charge in [-0.2, -0.15) is 0 Å². The number of carbonyl (C=O) groups excluding carboxylic acids is 4. The van der Waals surface area contributed by atoms with Gasteiger partial charge in [0.1, 0.15) is 6.54 Å². The Morgan fingerprint density at radius 1 is 0.929 bits per heavy atom. The lowest BCUT2D eigenvalue weighted by Crippen LogP contribution is -2.32. The number of anilines is 1. The normalized spacial score (nSPS) is 9.93. The summed E-state index contributed by atoms with van der Waals surface area (Å²) >= 11 is 0. The standard InChI is InChI=1S/C20H21N3O5/c1-13-4-3-5-15(10-13)20(27)22-11-18(25)28-12-17(24)23-16-8-6-14(7-9-16)19(26)21-2/h3-10H,11-12H2,1-2H3,(H,21,26)(H,22,27)(H,23,24). The fourth-order valence-electron chi connectivity index (χ4n) is 2.28. The average molecular weight is 383 g/mol. The first kappa shape index (κ1) is 20.6. The Balaban J connectivity index is 1.74. The molecule has 0 saturated carbocycles. The third-order valence-corrected chi connectivity index (χ3v) is 3.70. The molecule has 146 valence electrons. The lowest BCUT2D eigenvalue weighted by atomic mass is 10.1. The molecule has 8 heteroatoms. The van der Waals surface area contributed by atoms with Gasteiger partial charge in [-0.05, 0) is 43.3 Å². The minimum Gasteiger partial charge on any atom is -0.454 e. The Labute approximate surface area is 162 Å². The van der Waals surface area contributed by atoms with Crippen molar-refractivity contribution in [2.75, 3.05) is 25.5 Å². The highest BCUT2D eigenvalue weighted by Crippen LogP contribution is 2.09. The molecule has 0 radical (unpaired) electrons. The van der Waals surface area contributed by atoms with E-state index in [-0.39, 0.29) is 12.5 Å². The van der Waals surface area contributed by atoms with Crippen LogP contribution in [0.1, 0.15) is 26.3 Å². The molecule has 0 bridgehead atoms. The van der Waals surface area contributed by atoms with Gasteiger partial charge in [0, 0.05) is 23.9 Å². The van der Waals surface area contributed by atoms with Crippen LogP contribution in [0.2, 0.25) is 0 Å². The Kier molecular flexibility index (Phi) is 7.27. The topological polar surface area (TPSA) is 114 Å². The summed E-state index contributed by atoms with van der Waals surface area (Å²) in [6.07, 6.45) is 0. The second-order valence-corrected chi connectivity index (χ2v) is 5.92. The Bertz CT molecular complexity index is 878. The molecule has 28 heavy (non-hydrogen) atoms. The monoisotopic (exact) mass is 383 g/mol. The molecule has 0 heterocycles. The Hall–Kier alpha value is -3.68. The number of ether oxygens (including phenoxy) is 1. The van der Waals surface area contributed by atoms with Gasteiger partial charge in [0.25, 0.3) is 17.7 Å². The van der Waals surface area contributed by atoms with Crippen LogP contribution in [0.25, 0.3) is 0 Å². The average Bonchev–Trinajstić information content (AvgIpc) is 2.70. The van der Waals surface area contributed by atoms with Crippen LogP contribution >= 0.6 is 0 Å². The number of amides is 3. The molecule has 8 nitrogen and oxygen atoms in total. The fourth-order valence-corrected chi connectivity index (χ4v) is 2.28. The molecule has 3 N–H and O–H groups in total. The summed E-state index contributed by atoms with van der Waals surface area (Å²) in [5.74, 6) is -1.90. The predicted molar refractivity (Wildman–Crippen MR) is 103 cm³/mol. The first-order valence-corrected chi connectivity index (χ1v) is 8.51. The highest BCUT2D eigenvalue weighted by atomic mass is 16.5. The maximum atomic E-state index is 12.0. The summed E-state index contributed by atoms with van der Waals surface area (Å²) in [5.41, 5.74) is 2.28. The van der Waals surface area contributed by atoms with E-state index in [1.54, 1.807) is 42.5 Å². The number of esters is 1. The van der Waals surface area contributed by atoms with Gasteiger partial charge in [0.15, 0.2) is 6.61 Å². The van der Waals surface area contributed by atoms with Gasteiger partial charge in [-0.25, -0.2) is 0 Å². The number of hydrogen-bond donors (Lipinski definition) is 3. The van der Waals surface area contributed by atoms with E-state index in [9.17, 15) is 19.2 Å². The maximum absolute atomic E-state index is 12.0. The van der Waals surface area contributed by atoms with Crippen LogP contribution in [0.15, 0.2) is 48.5 Å². The predicted octanol–water partition coefficient (Wildman–Crippen LogP) is 1.27. The molecular weight excluding hydrogens is 362 g/mol. The van der Waals surface area contributed by atoms with E-state index >= 15 is 0 Å². The fraction of sp³-hybridized carbons (Fsp3) is 0.200. The summed E-state index contributed by atoms with van der Waals surface area (Å²) in [5, 5.41) is 7.48. The molecule has 2 aromatic carbocycles. The smallest absolute Gasteiger partial charge is 0.325 e. The van der Waals surface area contributed by atoms with Gasteiger partial charge in [0.2, 0.25) is 0 Å². The van der Waals surface area contributed by atoms with Crippen molar-refractivity contribution in [1.29, 1.82) is 0 Å². The van der Waals surface area contributed by atoms with E-state index in [2.05, 4.69) is 16.0 Å². The third kappa shape index (κ3) is 6.24. The van der Waals surface area contributed by atoms with E-state index in [0.717, 1.165) is 5.56 Å². The van der Waals surface area contributed by atoms with E-state index in [0.29, 0.717) is 16.8 Å². The molecule has 0 fully saturated rings. The van der Waals surface area contributed by atoms with Gasteiger partial charge in [-0.15, -0.1) is 0 Å². The zero-order valence-electron chi connectivity index (χ0n) is 15.6. The third-order valence-electron chi connectivity index (χ3n) is 3.70. The van der Waals surface area contributed by atoms with Crippen molar-refractivity contribution in [3.8, 4) is 0 Å². The van der Waals surface area contributed by atoms with Crippen LogP contribution in [0.5, 0.6) is 0 Å². The largest absolute Gasteiger partial charge is 0.454 e. The van der Waals surface area contributed by atoms with Crippen LogP contribution in [0, 0.1) is 6.92 Å². The van der Waals surface area contributed by atoms with Crippen molar-refractivity contribution in [1.82, 2.24) is 10.6 Å². The summed E-state index contributed by atoms with van der Waals surface area (Å²) in [7, 11) is 1.52. The molecule has 0 aromatic heterocycles. The molecule has 0 atom stereocenters. The van der Waals surface area contributed by atoms with Crippen molar-refractivity contribution in [2.24, 2.45) is 0 Å². The lowest BCUT2D eigenvalue weighted by molar-refractivity contribution is -0.146. The molecule has 3 amide bonds. The molecule has 0 aliphatic rings. The second-order valence-electron chi connectivity index (χ2n) is 5.92. The minimum atomic E-state index is -0.730. The zero-order chi connectivity index (χ0) is 20.5. The first-order chi connectivity index (χ1) is 13.4. The van der Waals surface area contributed by atoms with Gasteiger partial charge >= 0.3 is 5.97 Å². The zero-order valence-corrected chi connectivity index (χ0v) is 15.6. The highest BCUT2D eigenvalue weighted by Gasteiger charge is 2.11. The van der Waals surface area contributed by atoms with E-state index < -0.39 is 24.4 Å². The molecule has 2 rings (SSSR count). The number of hydrogen-bond acceptors (Lipinski definition) is 5. The molecule has 0 aliphatic heterocycles. The number of aryl methyl sites for hydroxylation is 1. The van der Waals surface area contributed by atoms with Crippen molar-refractivity contribution in [3.05, 3.63) is 65.2 Å². The summed E-state index contributed by atoms with van der Waals surface area (Å²) in [4.78, 5) is 46.9. The van der Waals surface area contributed by atoms with Gasteiger partial charge in [-0.1, -0.05) is 17.7 Å². The van der Waals surface area contributed by atoms with Crippen LogP contribution in [0.4, 0.5) is 5.69 Å². The van der Waals surface area contributed by atoms with Crippen molar-refractivity contribution in [3.63, 3.8) is 0 Å². The molecule has 0 unspecified atom stereocenters. The Morgan fingerprint density at radius 2 is 1.64 bits per heavy atom. The molecular formula is C20H21N3O5. The molecule has 0 spiro atoms. The number of nitrogens with one attached hydrogen (secondary N) is 3. The first-order valence-electron chi connectivity index (χ1n) is 8.51. The number of benzene rings is 2. The molecule has 2 aromatic rings. The van der Waals surface area contributed by atoms with Gasteiger partial charge in [-0.3, -0.25) is 19.2 Å². The van der Waals surface area contributed by atoms with Crippen LogP contribution in [0.3, 0.4) is 0 Å². The van der Waals surface area contributed by atoms with Crippen LogP contribution < -0.4 is 16.0 Å². The second kappa shape index (κ2) is 9.86. The summed E-state index contributed by atoms with van der Waals surface area (Å²) in [6.45, 7) is 1.02. The Morgan fingerprint density at radius 3 is 2.29 bits per heavy atom. The van der Waals surface area contributed by atoms with Gasteiger partial charge in [0.05, 0.1) is 0 Å². The molecule has 0 saturated heterocycles. The summed E-state index contributed by atoms with van der Waals surface area (Å²) < 4.78 is 4.84. The number of carbonyl (C=O) groups is 4. The van der Waals surface area contributed by atoms with Crippen LogP contribution in [-0.2, 0) is 14.3 Å².